The highest BCUT2D eigenvalue weighted by Gasteiger charge is 2.24. The lowest BCUT2D eigenvalue weighted by Gasteiger charge is -2.22. The second-order valence-electron chi connectivity index (χ2n) is 7.02. The topological polar surface area (TPSA) is 46.6 Å². The molecule has 4 nitrogen and oxygen atoms in total. The Morgan fingerprint density at radius 3 is 2.20 bits per heavy atom. The number of ether oxygens (including phenoxy) is 1. The van der Waals surface area contributed by atoms with Crippen LogP contribution < -0.4 is 4.74 Å². The van der Waals surface area contributed by atoms with Crippen molar-refractivity contribution in [2.75, 3.05) is 6.54 Å². The molecule has 0 saturated heterocycles. The number of hydrogen-bond acceptors (Lipinski definition) is 3. The minimum atomic E-state index is -3.64. The molecule has 0 radical (unpaired) electrons. The lowest BCUT2D eigenvalue weighted by Crippen LogP contribution is -2.31. The minimum Gasteiger partial charge on any atom is -0.489 e. The van der Waals surface area contributed by atoms with Crippen LogP contribution >= 0.6 is 0 Å². The van der Waals surface area contributed by atoms with E-state index < -0.39 is 10.0 Å². The summed E-state index contributed by atoms with van der Waals surface area (Å²) in [5.74, 6) is 3.27. The zero-order chi connectivity index (χ0) is 21.4. The van der Waals surface area contributed by atoms with Gasteiger partial charge in [-0.2, -0.15) is 4.31 Å². The third kappa shape index (κ3) is 5.73. The van der Waals surface area contributed by atoms with Crippen LogP contribution in [0.2, 0.25) is 0 Å². The monoisotopic (exact) mass is 419 g/mol. The largest absolute Gasteiger partial charge is 0.489 e. The Balaban J connectivity index is 1.71. The molecule has 0 aromatic heterocycles. The van der Waals surface area contributed by atoms with Crippen LogP contribution in [0.5, 0.6) is 5.75 Å². The molecule has 0 aliphatic carbocycles. The molecule has 3 aromatic carbocycles. The van der Waals surface area contributed by atoms with Crippen molar-refractivity contribution < 1.29 is 13.2 Å². The van der Waals surface area contributed by atoms with Gasteiger partial charge in [0.1, 0.15) is 12.4 Å². The minimum absolute atomic E-state index is 0.247. The summed E-state index contributed by atoms with van der Waals surface area (Å²) in [6.45, 7) is 2.92. The molecule has 30 heavy (non-hydrogen) atoms. The summed E-state index contributed by atoms with van der Waals surface area (Å²) in [5.41, 5.74) is 2.97. The van der Waals surface area contributed by atoms with E-state index in [0.29, 0.717) is 13.0 Å². The third-order valence-corrected chi connectivity index (χ3v) is 6.55. The molecule has 3 rings (SSSR count). The molecule has 0 unspecified atom stereocenters. The number of sulfonamides is 1. The molecule has 0 spiro atoms. The van der Waals surface area contributed by atoms with Gasteiger partial charge in [0.2, 0.25) is 10.0 Å². The molecular formula is C25H25NO3S. The summed E-state index contributed by atoms with van der Waals surface area (Å²) in [5, 5.41) is 0. The molecule has 0 fully saturated rings. The molecule has 5 heteroatoms. The van der Waals surface area contributed by atoms with Crippen molar-refractivity contribution >= 4 is 10.0 Å². The Morgan fingerprint density at radius 2 is 1.57 bits per heavy atom. The van der Waals surface area contributed by atoms with Gasteiger partial charge in [0, 0.05) is 19.5 Å². The summed E-state index contributed by atoms with van der Waals surface area (Å²) in [4.78, 5) is 0.271. The number of rotatable bonds is 9. The Bertz CT molecular complexity index is 1080. The number of aryl methyl sites for hydroxylation is 1. The van der Waals surface area contributed by atoms with E-state index in [2.05, 4.69) is 5.92 Å². The van der Waals surface area contributed by atoms with Crippen LogP contribution in [0.25, 0.3) is 0 Å². The Labute approximate surface area is 179 Å². The van der Waals surface area contributed by atoms with Gasteiger partial charge in [-0.1, -0.05) is 60.2 Å². The fourth-order valence-corrected chi connectivity index (χ4v) is 4.40. The van der Waals surface area contributed by atoms with Crippen LogP contribution in [0.4, 0.5) is 0 Å². The zero-order valence-corrected chi connectivity index (χ0v) is 17.8. The van der Waals surface area contributed by atoms with E-state index in [1.807, 2.05) is 61.5 Å². The molecule has 0 bridgehead atoms. The van der Waals surface area contributed by atoms with Crippen LogP contribution in [-0.4, -0.2) is 19.3 Å². The Kier molecular flexibility index (Phi) is 7.29. The van der Waals surface area contributed by atoms with Crippen molar-refractivity contribution in [1.29, 1.82) is 0 Å². The van der Waals surface area contributed by atoms with Crippen molar-refractivity contribution in [3.8, 4) is 18.1 Å². The summed E-state index contributed by atoms with van der Waals surface area (Å²) in [6.07, 6.45) is 5.74. The fraction of sp³-hybridized carbons (Fsp3) is 0.200. The lowest BCUT2D eigenvalue weighted by molar-refractivity contribution is 0.306. The normalized spacial score (nSPS) is 11.2. The van der Waals surface area contributed by atoms with Crippen molar-refractivity contribution in [2.45, 2.75) is 31.4 Å². The number of nitrogens with zero attached hydrogens (tertiary/aromatic N) is 1. The van der Waals surface area contributed by atoms with Crippen LogP contribution in [0, 0.1) is 19.3 Å². The highest BCUT2D eigenvalue weighted by atomic mass is 32.2. The van der Waals surface area contributed by atoms with Gasteiger partial charge < -0.3 is 4.74 Å². The van der Waals surface area contributed by atoms with E-state index in [1.54, 1.807) is 24.3 Å². The van der Waals surface area contributed by atoms with E-state index in [4.69, 9.17) is 11.2 Å². The standard InChI is InChI=1S/C25H25NO3S/c1-3-4-18-26(30(27,28)25-16-10-21(2)11-17-25)19-22-12-14-24(15-13-22)29-20-23-8-6-5-7-9-23/h1,5-17H,4,18-20H2,2H3. The zero-order valence-electron chi connectivity index (χ0n) is 17.0. The predicted molar refractivity (Wildman–Crippen MR) is 119 cm³/mol. The molecule has 0 N–H and O–H groups in total. The van der Waals surface area contributed by atoms with Gasteiger partial charge >= 0.3 is 0 Å². The van der Waals surface area contributed by atoms with Gasteiger partial charge in [-0.25, -0.2) is 8.42 Å². The van der Waals surface area contributed by atoms with E-state index >= 15 is 0 Å². The summed E-state index contributed by atoms with van der Waals surface area (Å²) in [7, 11) is -3.64. The number of terminal acetylenes is 1. The van der Waals surface area contributed by atoms with Crippen LogP contribution in [0.15, 0.2) is 83.8 Å². The Hall–Kier alpha value is -3.07. The van der Waals surface area contributed by atoms with Crippen molar-refractivity contribution in [1.82, 2.24) is 4.31 Å². The number of benzene rings is 3. The van der Waals surface area contributed by atoms with E-state index in [9.17, 15) is 8.42 Å². The average molecular weight is 420 g/mol. The maximum Gasteiger partial charge on any atom is 0.243 e. The second-order valence-corrected chi connectivity index (χ2v) is 8.96. The molecule has 154 valence electrons. The summed E-state index contributed by atoms with van der Waals surface area (Å²) in [6, 6.07) is 24.3. The first kappa shape index (κ1) is 21.6. The van der Waals surface area contributed by atoms with Gasteiger partial charge in [0.15, 0.2) is 0 Å². The first-order valence-electron chi connectivity index (χ1n) is 9.75. The second kappa shape index (κ2) is 10.1. The van der Waals surface area contributed by atoms with Gasteiger partial charge in [0.05, 0.1) is 4.90 Å². The average Bonchev–Trinajstić information content (AvgIpc) is 2.77. The molecule has 0 saturated carbocycles. The Morgan fingerprint density at radius 1 is 0.900 bits per heavy atom. The smallest absolute Gasteiger partial charge is 0.243 e. The van der Waals surface area contributed by atoms with Crippen LogP contribution in [0.1, 0.15) is 23.1 Å². The molecule has 0 aliphatic heterocycles. The molecule has 0 atom stereocenters. The molecule has 0 amide bonds. The van der Waals surface area contributed by atoms with Crippen molar-refractivity contribution in [3.05, 3.63) is 95.6 Å². The highest BCUT2D eigenvalue weighted by Crippen LogP contribution is 2.21. The molecule has 0 heterocycles. The van der Waals surface area contributed by atoms with Crippen molar-refractivity contribution in [2.24, 2.45) is 0 Å². The molecule has 3 aromatic rings. The summed E-state index contributed by atoms with van der Waals surface area (Å²) < 4.78 is 33.5. The highest BCUT2D eigenvalue weighted by molar-refractivity contribution is 7.89. The maximum atomic E-state index is 13.1. The van der Waals surface area contributed by atoms with Crippen LogP contribution in [-0.2, 0) is 23.2 Å². The van der Waals surface area contributed by atoms with Gasteiger partial charge in [0.25, 0.3) is 0 Å². The maximum absolute atomic E-state index is 13.1. The predicted octanol–water partition coefficient (Wildman–Crippen LogP) is 4.79. The van der Waals surface area contributed by atoms with E-state index in [1.165, 1.54) is 4.31 Å². The van der Waals surface area contributed by atoms with E-state index in [0.717, 1.165) is 22.4 Å². The summed E-state index contributed by atoms with van der Waals surface area (Å²) >= 11 is 0. The van der Waals surface area contributed by atoms with Crippen molar-refractivity contribution in [3.63, 3.8) is 0 Å². The van der Waals surface area contributed by atoms with Gasteiger partial charge in [-0.15, -0.1) is 12.3 Å². The van der Waals surface area contributed by atoms with Gasteiger partial charge in [-0.3, -0.25) is 0 Å². The van der Waals surface area contributed by atoms with Crippen LogP contribution in [0.3, 0.4) is 0 Å². The van der Waals surface area contributed by atoms with E-state index in [-0.39, 0.29) is 18.0 Å². The third-order valence-electron chi connectivity index (χ3n) is 4.69. The fourth-order valence-electron chi connectivity index (χ4n) is 2.97. The number of hydrogen-bond donors (Lipinski definition) is 0. The SMILES string of the molecule is C#CCCN(Cc1ccc(OCc2ccccc2)cc1)S(=O)(=O)c1ccc(C)cc1. The molecule has 0 aliphatic rings. The quantitative estimate of drug-likeness (QED) is 0.469. The first-order chi connectivity index (χ1) is 14.5. The van der Waals surface area contributed by atoms with Gasteiger partial charge in [-0.05, 0) is 42.3 Å². The molecular weight excluding hydrogens is 394 g/mol. The first-order valence-corrected chi connectivity index (χ1v) is 11.2. The lowest BCUT2D eigenvalue weighted by atomic mass is 10.2.